The summed E-state index contributed by atoms with van der Waals surface area (Å²) in [6, 6.07) is 8.57. The second-order valence-electron chi connectivity index (χ2n) is 5.82. The minimum atomic E-state index is -0.519. The van der Waals surface area contributed by atoms with Crippen molar-refractivity contribution in [3.63, 3.8) is 0 Å². The number of hydrogen-bond donors (Lipinski definition) is 1. The average Bonchev–Trinajstić information content (AvgIpc) is 3.28. The Labute approximate surface area is 121 Å². The molecule has 2 rings (SSSR count). The zero-order valence-electron chi connectivity index (χ0n) is 12.7. The van der Waals surface area contributed by atoms with E-state index in [9.17, 15) is 5.26 Å². The summed E-state index contributed by atoms with van der Waals surface area (Å²) in [5, 5.41) is 13.0. The molecule has 1 aromatic rings. The van der Waals surface area contributed by atoms with Crippen LogP contribution in [0.2, 0.25) is 0 Å². The van der Waals surface area contributed by atoms with Crippen molar-refractivity contribution >= 4 is 0 Å². The second-order valence-corrected chi connectivity index (χ2v) is 5.82. The summed E-state index contributed by atoms with van der Waals surface area (Å²) in [6.45, 7) is 7.57. The van der Waals surface area contributed by atoms with E-state index in [0.717, 1.165) is 31.6 Å². The molecule has 0 saturated heterocycles. The Kier molecular flexibility index (Phi) is 4.67. The molecule has 0 aromatic heterocycles. The average molecular weight is 272 g/mol. The van der Waals surface area contributed by atoms with Gasteiger partial charge in [0.05, 0.1) is 6.07 Å². The van der Waals surface area contributed by atoms with E-state index in [1.807, 2.05) is 12.1 Å². The lowest BCUT2D eigenvalue weighted by Crippen LogP contribution is -2.51. The lowest BCUT2D eigenvalue weighted by atomic mass is 9.96. The van der Waals surface area contributed by atoms with E-state index in [4.69, 9.17) is 4.74 Å². The lowest BCUT2D eigenvalue weighted by Gasteiger charge is -2.28. The largest absolute Gasteiger partial charge is 0.491 e. The summed E-state index contributed by atoms with van der Waals surface area (Å²) in [5.41, 5.74) is 1.96. The summed E-state index contributed by atoms with van der Waals surface area (Å²) in [5.74, 6) is 1.29. The van der Waals surface area contributed by atoms with Crippen molar-refractivity contribution in [1.29, 1.82) is 5.26 Å². The Morgan fingerprint density at radius 2 is 2.10 bits per heavy atom. The highest BCUT2D eigenvalue weighted by molar-refractivity contribution is 5.34. The van der Waals surface area contributed by atoms with Crippen LogP contribution in [0.25, 0.3) is 0 Å². The van der Waals surface area contributed by atoms with Gasteiger partial charge in [0.25, 0.3) is 0 Å². The fourth-order valence-corrected chi connectivity index (χ4v) is 2.40. The van der Waals surface area contributed by atoms with Crippen LogP contribution >= 0.6 is 0 Å². The zero-order valence-corrected chi connectivity index (χ0v) is 12.7. The Hall–Kier alpha value is -1.53. The highest BCUT2D eigenvalue weighted by Gasteiger charge is 2.46. The van der Waals surface area contributed by atoms with Gasteiger partial charge in [-0.05, 0) is 68.8 Å². The number of nitriles is 1. The van der Waals surface area contributed by atoms with E-state index >= 15 is 0 Å². The topological polar surface area (TPSA) is 45.0 Å². The quantitative estimate of drug-likeness (QED) is 0.828. The first-order valence-electron chi connectivity index (χ1n) is 7.47. The third kappa shape index (κ3) is 3.32. The fraction of sp³-hybridized carbons (Fsp3) is 0.588. The van der Waals surface area contributed by atoms with Crippen LogP contribution in [0.5, 0.6) is 5.75 Å². The predicted molar refractivity (Wildman–Crippen MR) is 80.8 cm³/mol. The third-order valence-corrected chi connectivity index (χ3v) is 4.11. The van der Waals surface area contributed by atoms with Gasteiger partial charge in [0.1, 0.15) is 17.9 Å². The van der Waals surface area contributed by atoms with Gasteiger partial charge in [0.2, 0.25) is 0 Å². The van der Waals surface area contributed by atoms with Crippen LogP contribution in [0.3, 0.4) is 0 Å². The van der Waals surface area contributed by atoms with Crippen molar-refractivity contribution in [1.82, 2.24) is 5.32 Å². The number of ether oxygens (including phenoxy) is 1. The van der Waals surface area contributed by atoms with Crippen LogP contribution in [0.4, 0.5) is 0 Å². The van der Waals surface area contributed by atoms with E-state index in [1.165, 1.54) is 11.1 Å². The van der Waals surface area contributed by atoms with E-state index in [2.05, 4.69) is 38.2 Å². The summed E-state index contributed by atoms with van der Waals surface area (Å²) in [4.78, 5) is 0. The van der Waals surface area contributed by atoms with E-state index in [0.29, 0.717) is 12.5 Å². The fourth-order valence-electron chi connectivity index (χ4n) is 2.40. The van der Waals surface area contributed by atoms with Crippen molar-refractivity contribution < 1.29 is 4.74 Å². The first kappa shape index (κ1) is 14.9. The number of nitrogens with zero attached hydrogens (tertiary/aromatic N) is 1. The number of rotatable bonds is 7. The van der Waals surface area contributed by atoms with Crippen LogP contribution in [0.1, 0.15) is 37.3 Å². The molecule has 3 heteroatoms. The maximum Gasteiger partial charge on any atom is 0.143 e. The maximum absolute atomic E-state index is 9.60. The Balaban J connectivity index is 2.04. The minimum absolute atomic E-state index is 0.427. The number of aryl methyl sites for hydroxylation is 2. The van der Waals surface area contributed by atoms with Gasteiger partial charge in [-0.15, -0.1) is 0 Å². The molecule has 1 saturated carbocycles. The molecule has 0 radical (unpaired) electrons. The van der Waals surface area contributed by atoms with Crippen molar-refractivity contribution in [3.05, 3.63) is 29.3 Å². The Bertz CT molecular complexity index is 502. The molecule has 0 spiro atoms. The molecule has 1 fully saturated rings. The number of hydrogen-bond acceptors (Lipinski definition) is 3. The van der Waals surface area contributed by atoms with Gasteiger partial charge in [-0.25, -0.2) is 0 Å². The molecule has 0 amide bonds. The van der Waals surface area contributed by atoms with Gasteiger partial charge < -0.3 is 4.74 Å². The summed E-state index contributed by atoms with van der Waals surface area (Å²) in [7, 11) is 0. The summed E-state index contributed by atoms with van der Waals surface area (Å²) in [6.07, 6.45) is 3.28. The highest BCUT2D eigenvalue weighted by Crippen LogP contribution is 2.39. The lowest BCUT2D eigenvalue weighted by molar-refractivity contribution is 0.202. The summed E-state index contributed by atoms with van der Waals surface area (Å²) < 4.78 is 5.91. The van der Waals surface area contributed by atoms with Crippen LogP contribution in [0, 0.1) is 31.1 Å². The Morgan fingerprint density at radius 1 is 1.35 bits per heavy atom. The van der Waals surface area contributed by atoms with E-state index < -0.39 is 5.54 Å². The molecule has 0 aliphatic heterocycles. The molecule has 0 heterocycles. The van der Waals surface area contributed by atoms with E-state index in [-0.39, 0.29) is 0 Å². The molecule has 3 nitrogen and oxygen atoms in total. The van der Waals surface area contributed by atoms with Crippen LogP contribution in [0.15, 0.2) is 18.2 Å². The SMILES string of the molecule is CCCNC(C#N)(COc1ccc(C)c(C)c1)C1CC1. The van der Waals surface area contributed by atoms with Crippen LogP contribution < -0.4 is 10.1 Å². The monoisotopic (exact) mass is 272 g/mol. The van der Waals surface area contributed by atoms with Crippen LogP contribution in [-0.2, 0) is 0 Å². The first-order valence-corrected chi connectivity index (χ1v) is 7.47. The number of nitrogens with one attached hydrogen (secondary N) is 1. The highest BCUT2D eigenvalue weighted by atomic mass is 16.5. The van der Waals surface area contributed by atoms with Crippen molar-refractivity contribution in [2.75, 3.05) is 13.2 Å². The molecule has 1 aromatic carbocycles. The molecule has 1 unspecified atom stereocenters. The third-order valence-electron chi connectivity index (χ3n) is 4.11. The van der Waals surface area contributed by atoms with Crippen molar-refractivity contribution in [2.45, 2.75) is 45.6 Å². The molecule has 1 aliphatic rings. The standard InChI is InChI=1S/C17H24N2O/c1-4-9-19-17(11-18,15-6-7-15)12-20-16-8-5-13(2)14(3)10-16/h5,8,10,15,19H,4,6-7,9,12H2,1-3H3. The molecule has 1 aliphatic carbocycles. The van der Waals surface area contributed by atoms with Gasteiger partial charge in [0.15, 0.2) is 0 Å². The molecule has 1 atom stereocenters. The molecular formula is C17H24N2O. The predicted octanol–water partition coefficient (Wildman–Crippen LogP) is 3.35. The smallest absolute Gasteiger partial charge is 0.143 e. The molecule has 0 bridgehead atoms. The molecular weight excluding hydrogens is 248 g/mol. The zero-order chi connectivity index (χ0) is 14.6. The molecule has 20 heavy (non-hydrogen) atoms. The normalized spacial score (nSPS) is 17.3. The maximum atomic E-state index is 9.60. The number of benzene rings is 1. The van der Waals surface area contributed by atoms with Crippen molar-refractivity contribution in [3.8, 4) is 11.8 Å². The molecule has 108 valence electrons. The first-order chi connectivity index (χ1) is 9.61. The van der Waals surface area contributed by atoms with Crippen molar-refractivity contribution in [2.24, 2.45) is 5.92 Å². The summed E-state index contributed by atoms with van der Waals surface area (Å²) >= 11 is 0. The van der Waals surface area contributed by atoms with Crippen LogP contribution in [-0.4, -0.2) is 18.7 Å². The van der Waals surface area contributed by atoms with Gasteiger partial charge in [-0.2, -0.15) is 5.26 Å². The van der Waals surface area contributed by atoms with Gasteiger partial charge in [0, 0.05) is 0 Å². The minimum Gasteiger partial charge on any atom is -0.491 e. The Morgan fingerprint density at radius 3 is 2.65 bits per heavy atom. The van der Waals surface area contributed by atoms with E-state index in [1.54, 1.807) is 0 Å². The molecule has 1 N–H and O–H groups in total. The second kappa shape index (κ2) is 6.28. The van der Waals surface area contributed by atoms with Gasteiger partial charge in [-0.3, -0.25) is 5.32 Å². The van der Waals surface area contributed by atoms with Gasteiger partial charge in [-0.1, -0.05) is 13.0 Å². The van der Waals surface area contributed by atoms with Gasteiger partial charge >= 0.3 is 0 Å².